The summed E-state index contributed by atoms with van der Waals surface area (Å²) in [5.41, 5.74) is -0.834. The lowest BCUT2D eigenvalue weighted by Crippen LogP contribution is -2.42. The molecule has 0 bridgehead atoms. The third kappa shape index (κ3) is 4.81. The van der Waals surface area contributed by atoms with Gasteiger partial charge in [-0.15, -0.1) is 0 Å². The lowest BCUT2D eigenvalue weighted by molar-refractivity contribution is -0.131. The van der Waals surface area contributed by atoms with Crippen molar-refractivity contribution in [3.63, 3.8) is 0 Å². The van der Waals surface area contributed by atoms with Gasteiger partial charge in [0.15, 0.2) is 11.4 Å². The predicted molar refractivity (Wildman–Crippen MR) is 79.0 cm³/mol. The highest BCUT2D eigenvalue weighted by Gasteiger charge is 2.35. The Morgan fingerprint density at radius 3 is 2.33 bits per heavy atom. The summed E-state index contributed by atoms with van der Waals surface area (Å²) in [5.74, 6) is -1.57. The van der Waals surface area contributed by atoms with Gasteiger partial charge in [-0.05, 0) is 18.1 Å². The van der Waals surface area contributed by atoms with Crippen molar-refractivity contribution in [2.45, 2.75) is 31.8 Å². The number of hydrogen-bond acceptors (Lipinski definition) is 4. The average molecular weight is 292 g/mol. The molecular formula is C16H20O5. The van der Waals surface area contributed by atoms with E-state index >= 15 is 0 Å². The van der Waals surface area contributed by atoms with Crippen molar-refractivity contribution in [1.82, 2.24) is 0 Å². The maximum atomic E-state index is 12.3. The molecule has 1 atom stereocenters. The second-order valence-corrected chi connectivity index (χ2v) is 4.92. The van der Waals surface area contributed by atoms with Crippen LogP contribution < -0.4 is 0 Å². The van der Waals surface area contributed by atoms with Crippen molar-refractivity contribution in [2.24, 2.45) is 0 Å². The highest BCUT2D eigenvalue weighted by molar-refractivity contribution is 6.02. The van der Waals surface area contributed by atoms with E-state index in [0.717, 1.165) is 12.5 Å². The van der Waals surface area contributed by atoms with Gasteiger partial charge in [0.05, 0.1) is 6.61 Å². The van der Waals surface area contributed by atoms with Crippen molar-refractivity contribution in [3.8, 4) is 0 Å². The second-order valence-electron chi connectivity index (χ2n) is 4.92. The molecule has 0 saturated carbocycles. The van der Waals surface area contributed by atoms with Crippen molar-refractivity contribution in [3.05, 3.63) is 41.5 Å². The number of carbonyl (C=O) groups is 2. The molecule has 114 valence electrons. The SMILES string of the molecule is CCCCC(O)(CO)C(=O)c1ccc(C=CC(=O)O)cc1. The number of carbonyl (C=O) groups excluding carboxylic acids is 1. The van der Waals surface area contributed by atoms with E-state index < -0.39 is 24.0 Å². The summed E-state index contributed by atoms with van der Waals surface area (Å²) < 4.78 is 0. The Bertz CT molecular complexity index is 518. The lowest BCUT2D eigenvalue weighted by atomic mass is 9.88. The van der Waals surface area contributed by atoms with Crippen molar-refractivity contribution < 1.29 is 24.9 Å². The Morgan fingerprint density at radius 2 is 1.86 bits per heavy atom. The number of benzene rings is 1. The Hall–Kier alpha value is -1.98. The molecule has 21 heavy (non-hydrogen) atoms. The Labute approximate surface area is 123 Å². The van der Waals surface area contributed by atoms with Gasteiger partial charge in [-0.25, -0.2) is 4.79 Å². The molecular weight excluding hydrogens is 272 g/mol. The van der Waals surface area contributed by atoms with Crippen LogP contribution in [0, 0.1) is 0 Å². The summed E-state index contributed by atoms with van der Waals surface area (Å²) in [6.45, 7) is 1.32. The fourth-order valence-electron chi connectivity index (χ4n) is 1.92. The molecule has 0 aliphatic heterocycles. The van der Waals surface area contributed by atoms with Gasteiger partial charge in [-0.2, -0.15) is 0 Å². The van der Waals surface area contributed by atoms with Gasteiger partial charge in [-0.3, -0.25) is 4.79 Å². The predicted octanol–water partition coefficient (Wildman–Crippen LogP) is 1.88. The van der Waals surface area contributed by atoms with Crippen LogP contribution in [0.3, 0.4) is 0 Å². The third-order valence-corrected chi connectivity index (χ3v) is 3.22. The zero-order valence-corrected chi connectivity index (χ0v) is 12.0. The monoisotopic (exact) mass is 292 g/mol. The minimum absolute atomic E-state index is 0.208. The molecule has 0 fully saturated rings. The summed E-state index contributed by atoms with van der Waals surface area (Å²) in [6, 6.07) is 6.20. The molecule has 0 saturated heterocycles. The first-order valence-corrected chi connectivity index (χ1v) is 6.82. The van der Waals surface area contributed by atoms with Crippen LogP contribution in [0.15, 0.2) is 30.3 Å². The molecule has 3 N–H and O–H groups in total. The van der Waals surface area contributed by atoms with E-state index in [0.29, 0.717) is 12.0 Å². The van der Waals surface area contributed by atoms with Crippen LogP contribution in [0.5, 0.6) is 0 Å². The van der Waals surface area contributed by atoms with Crippen molar-refractivity contribution in [1.29, 1.82) is 0 Å². The molecule has 0 aliphatic rings. The molecule has 1 rings (SSSR count). The maximum Gasteiger partial charge on any atom is 0.328 e. The Kier molecular flexibility index (Phi) is 6.27. The molecule has 5 nitrogen and oxygen atoms in total. The first-order valence-electron chi connectivity index (χ1n) is 6.82. The normalized spacial score (nSPS) is 14.0. The molecule has 0 amide bonds. The second kappa shape index (κ2) is 7.71. The Morgan fingerprint density at radius 1 is 1.24 bits per heavy atom. The molecule has 0 radical (unpaired) electrons. The number of aliphatic hydroxyl groups is 2. The highest BCUT2D eigenvalue weighted by Crippen LogP contribution is 2.20. The van der Waals surface area contributed by atoms with E-state index in [2.05, 4.69) is 0 Å². The van der Waals surface area contributed by atoms with Crippen LogP contribution in [0.2, 0.25) is 0 Å². The van der Waals surface area contributed by atoms with Crippen LogP contribution in [-0.2, 0) is 4.79 Å². The van der Waals surface area contributed by atoms with Gasteiger partial charge >= 0.3 is 5.97 Å². The van der Waals surface area contributed by atoms with Crippen LogP contribution in [0.1, 0.15) is 42.1 Å². The molecule has 0 spiro atoms. The maximum absolute atomic E-state index is 12.3. The van der Waals surface area contributed by atoms with Crippen LogP contribution in [-0.4, -0.2) is 39.3 Å². The molecule has 1 aromatic rings. The highest BCUT2D eigenvalue weighted by atomic mass is 16.4. The summed E-state index contributed by atoms with van der Waals surface area (Å²) in [7, 11) is 0. The van der Waals surface area contributed by atoms with Gasteiger partial charge < -0.3 is 15.3 Å². The quantitative estimate of drug-likeness (QED) is 0.502. The largest absolute Gasteiger partial charge is 0.478 e. The number of aliphatic carboxylic acids is 1. The lowest BCUT2D eigenvalue weighted by Gasteiger charge is -2.24. The summed E-state index contributed by atoms with van der Waals surface area (Å²) >= 11 is 0. The number of aliphatic hydroxyl groups excluding tert-OH is 1. The molecule has 1 aromatic carbocycles. The molecule has 5 heteroatoms. The van der Waals surface area contributed by atoms with Gasteiger partial charge in [0.25, 0.3) is 0 Å². The fourth-order valence-corrected chi connectivity index (χ4v) is 1.92. The van der Waals surface area contributed by atoms with Crippen LogP contribution in [0.25, 0.3) is 6.08 Å². The van der Waals surface area contributed by atoms with Gasteiger partial charge in [0.1, 0.15) is 0 Å². The van der Waals surface area contributed by atoms with E-state index in [4.69, 9.17) is 5.11 Å². The van der Waals surface area contributed by atoms with Gasteiger partial charge in [0.2, 0.25) is 0 Å². The average Bonchev–Trinajstić information content (AvgIpc) is 2.50. The van der Waals surface area contributed by atoms with E-state index in [9.17, 15) is 19.8 Å². The zero-order chi connectivity index (χ0) is 15.9. The summed E-state index contributed by atoms with van der Waals surface area (Å²) in [5, 5.41) is 28.1. The third-order valence-electron chi connectivity index (χ3n) is 3.22. The van der Waals surface area contributed by atoms with Crippen LogP contribution >= 0.6 is 0 Å². The van der Waals surface area contributed by atoms with Gasteiger partial charge in [-0.1, -0.05) is 44.0 Å². The molecule has 0 aliphatic carbocycles. The van der Waals surface area contributed by atoms with E-state index in [-0.39, 0.29) is 12.0 Å². The number of Topliss-reactive ketones (excluding diaryl/α,β-unsaturated/α-hetero) is 1. The Balaban J connectivity index is 2.89. The number of rotatable bonds is 8. The fraction of sp³-hybridized carbons (Fsp3) is 0.375. The van der Waals surface area contributed by atoms with E-state index in [1.807, 2.05) is 6.92 Å². The standard InChI is InChI=1S/C16H20O5/c1-2-3-10-16(21,11-17)15(20)13-7-4-12(5-8-13)6-9-14(18)19/h4-9,17,21H,2-3,10-11H2,1H3,(H,18,19). The van der Waals surface area contributed by atoms with Crippen molar-refractivity contribution in [2.75, 3.05) is 6.61 Å². The van der Waals surface area contributed by atoms with E-state index in [1.54, 1.807) is 12.1 Å². The number of ketones is 1. The summed E-state index contributed by atoms with van der Waals surface area (Å²) in [4.78, 5) is 22.7. The number of carboxylic acids is 1. The zero-order valence-electron chi connectivity index (χ0n) is 12.0. The van der Waals surface area contributed by atoms with Crippen molar-refractivity contribution >= 4 is 17.8 Å². The molecule has 0 aromatic heterocycles. The number of hydrogen-bond donors (Lipinski definition) is 3. The molecule has 1 unspecified atom stereocenters. The van der Waals surface area contributed by atoms with Gasteiger partial charge in [0, 0.05) is 11.6 Å². The number of unbranched alkanes of at least 4 members (excludes halogenated alkanes) is 1. The smallest absolute Gasteiger partial charge is 0.328 e. The van der Waals surface area contributed by atoms with Crippen LogP contribution in [0.4, 0.5) is 0 Å². The summed E-state index contributed by atoms with van der Waals surface area (Å²) in [6.07, 6.45) is 4.07. The first kappa shape index (κ1) is 17.1. The molecule has 0 heterocycles. The number of carboxylic acid groups (broad SMARTS) is 1. The topological polar surface area (TPSA) is 94.8 Å². The minimum atomic E-state index is -1.76. The minimum Gasteiger partial charge on any atom is -0.478 e. The first-order chi connectivity index (χ1) is 9.92. The van der Waals surface area contributed by atoms with E-state index in [1.165, 1.54) is 18.2 Å².